The second-order valence-electron chi connectivity index (χ2n) is 7.22. The highest BCUT2D eigenvalue weighted by Gasteiger charge is 2.30. The number of hydrogen-bond donors (Lipinski definition) is 2. The van der Waals surface area contributed by atoms with Crippen molar-refractivity contribution in [1.29, 1.82) is 0 Å². The molecule has 32 heavy (non-hydrogen) atoms. The third-order valence-corrected chi connectivity index (χ3v) is 7.66. The third kappa shape index (κ3) is 4.63. The van der Waals surface area contributed by atoms with Crippen LogP contribution in [-0.4, -0.2) is 26.8 Å². The first-order valence-electron chi connectivity index (χ1n) is 9.90. The Morgan fingerprint density at radius 2 is 1.72 bits per heavy atom. The molecule has 1 heterocycles. The van der Waals surface area contributed by atoms with Crippen LogP contribution in [0.2, 0.25) is 0 Å². The summed E-state index contributed by atoms with van der Waals surface area (Å²) < 4.78 is 30.5. The highest BCUT2D eigenvalue weighted by atomic mass is 32.2. The first kappa shape index (κ1) is 21.9. The van der Waals surface area contributed by atoms with Crippen LogP contribution in [0.1, 0.15) is 22.8 Å². The van der Waals surface area contributed by atoms with E-state index in [4.69, 9.17) is 0 Å². The van der Waals surface area contributed by atoms with Gasteiger partial charge in [-0.05, 0) is 72.5 Å². The van der Waals surface area contributed by atoms with Crippen LogP contribution in [0.5, 0.6) is 0 Å². The summed E-state index contributed by atoms with van der Waals surface area (Å²) >= 11 is 1.18. The van der Waals surface area contributed by atoms with E-state index in [1.807, 2.05) is 18.2 Å². The molecule has 0 radical (unpaired) electrons. The van der Waals surface area contributed by atoms with Crippen LogP contribution in [-0.2, 0) is 21.2 Å². The van der Waals surface area contributed by atoms with E-state index in [0.717, 1.165) is 10.5 Å². The number of anilines is 2. The maximum Gasteiger partial charge on any atom is 0.264 e. The molecule has 164 valence electrons. The van der Waals surface area contributed by atoms with Gasteiger partial charge in [-0.25, -0.2) is 8.42 Å². The number of sulfonamides is 1. The van der Waals surface area contributed by atoms with E-state index in [0.29, 0.717) is 24.3 Å². The lowest BCUT2D eigenvalue weighted by molar-refractivity contribution is -0.117. The highest BCUT2D eigenvalue weighted by molar-refractivity contribution is 7.98. The van der Waals surface area contributed by atoms with E-state index in [9.17, 15) is 18.0 Å². The molecule has 3 aromatic carbocycles. The highest BCUT2D eigenvalue weighted by Crippen LogP contribution is 2.32. The smallest absolute Gasteiger partial charge is 0.264 e. The molecule has 0 saturated heterocycles. The molecule has 7 nitrogen and oxygen atoms in total. The summed E-state index contributed by atoms with van der Waals surface area (Å²) in [5.41, 5.74) is 2.48. The van der Waals surface area contributed by atoms with Crippen molar-refractivity contribution in [2.75, 3.05) is 16.2 Å². The fourth-order valence-corrected chi connectivity index (χ4v) is 5.51. The number of amides is 2. The van der Waals surface area contributed by atoms with Crippen LogP contribution in [0.15, 0.2) is 82.6 Å². The van der Waals surface area contributed by atoms with Gasteiger partial charge in [0.15, 0.2) is 0 Å². The number of fused-ring (bicyclic) bond motifs is 1. The summed E-state index contributed by atoms with van der Waals surface area (Å²) in [6.07, 6.45) is 0.659. The average molecular weight is 468 g/mol. The number of hydrogen-bond acceptors (Lipinski definition) is 5. The molecule has 0 aliphatic carbocycles. The van der Waals surface area contributed by atoms with Gasteiger partial charge in [-0.15, -0.1) is 0 Å². The van der Waals surface area contributed by atoms with E-state index in [2.05, 4.69) is 10.0 Å². The van der Waals surface area contributed by atoms with Crippen molar-refractivity contribution in [1.82, 2.24) is 4.72 Å². The summed E-state index contributed by atoms with van der Waals surface area (Å²) in [6.45, 7) is 1.80. The van der Waals surface area contributed by atoms with Gasteiger partial charge in [-0.1, -0.05) is 24.3 Å². The van der Waals surface area contributed by atoms with Gasteiger partial charge in [0.2, 0.25) is 5.91 Å². The van der Waals surface area contributed by atoms with Gasteiger partial charge in [0.1, 0.15) is 0 Å². The zero-order chi connectivity index (χ0) is 22.7. The van der Waals surface area contributed by atoms with E-state index >= 15 is 0 Å². The molecule has 3 aromatic rings. The number of nitrogens with one attached hydrogen (secondary N) is 2. The second kappa shape index (κ2) is 9.05. The summed E-state index contributed by atoms with van der Waals surface area (Å²) in [5, 5.41) is 2.77. The molecule has 0 bridgehead atoms. The monoisotopic (exact) mass is 467 g/mol. The minimum Gasteiger partial charge on any atom is -0.322 e. The minimum atomic E-state index is -3.78. The molecule has 1 aliphatic heterocycles. The van der Waals surface area contributed by atoms with Gasteiger partial charge in [0, 0.05) is 29.6 Å². The van der Waals surface area contributed by atoms with Gasteiger partial charge in [-0.3, -0.25) is 18.6 Å². The number of carbonyl (C=O) groups excluding carboxylic acids is 2. The molecule has 2 amide bonds. The fourth-order valence-electron chi connectivity index (χ4n) is 3.42. The second-order valence-corrected chi connectivity index (χ2v) is 9.96. The van der Waals surface area contributed by atoms with Gasteiger partial charge in [0.05, 0.1) is 10.6 Å². The summed E-state index contributed by atoms with van der Waals surface area (Å²) in [5.74, 6) is -0.564. The number of carbonyl (C=O) groups is 2. The van der Waals surface area contributed by atoms with Crippen molar-refractivity contribution < 1.29 is 18.0 Å². The van der Waals surface area contributed by atoms with E-state index in [-0.39, 0.29) is 16.4 Å². The van der Waals surface area contributed by atoms with Crippen LogP contribution in [0.25, 0.3) is 0 Å². The van der Waals surface area contributed by atoms with Crippen LogP contribution in [0.4, 0.5) is 11.4 Å². The normalized spacial score (nSPS) is 12.8. The van der Waals surface area contributed by atoms with Crippen molar-refractivity contribution in [3.05, 3.63) is 83.9 Å². The molecule has 9 heteroatoms. The SMILES string of the molecule is CC(=O)NSc1ccc(NC(=O)c2cccc(S(=O)(=O)N3CCc4ccccc43)c2)cc1. The number of para-hydroxylation sites is 1. The standard InChI is InChI=1S/C23H21N3O4S2/c1-16(27)25-31-20-11-9-19(10-12-20)24-23(28)18-6-4-7-21(15-18)32(29,30)26-14-13-17-5-2-3-8-22(17)26/h2-12,15H,13-14H2,1H3,(H,24,28)(H,25,27). The Morgan fingerprint density at radius 3 is 2.47 bits per heavy atom. The largest absolute Gasteiger partial charge is 0.322 e. The molecule has 1 aliphatic rings. The average Bonchev–Trinajstić information content (AvgIpc) is 3.24. The van der Waals surface area contributed by atoms with Crippen molar-refractivity contribution >= 4 is 45.2 Å². The van der Waals surface area contributed by atoms with E-state index < -0.39 is 15.9 Å². The molecule has 0 spiro atoms. The van der Waals surface area contributed by atoms with Gasteiger partial charge in [-0.2, -0.15) is 0 Å². The molecule has 0 fully saturated rings. The van der Waals surface area contributed by atoms with Gasteiger partial charge < -0.3 is 5.32 Å². The van der Waals surface area contributed by atoms with Crippen LogP contribution in [0, 0.1) is 0 Å². The Labute approximate surface area is 191 Å². The lowest BCUT2D eigenvalue weighted by atomic mass is 10.2. The van der Waals surface area contributed by atoms with Crippen molar-refractivity contribution in [2.24, 2.45) is 0 Å². The van der Waals surface area contributed by atoms with Crippen molar-refractivity contribution in [2.45, 2.75) is 23.1 Å². The van der Waals surface area contributed by atoms with Crippen LogP contribution < -0.4 is 14.3 Å². The fraction of sp³-hybridized carbons (Fsp3) is 0.130. The van der Waals surface area contributed by atoms with Crippen LogP contribution in [0.3, 0.4) is 0 Å². The Hall–Kier alpha value is -3.30. The van der Waals surface area contributed by atoms with E-state index in [1.54, 1.807) is 42.5 Å². The molecule has 0 aromatic heterocycles. The number of rotatable bonds is 6. The first-order valence-corrected chi connectivity index (χ1v) is 12.2. The molecule has 0 unspecified atom stereocenters. The molecule has 4 rings (SSSR count). The lowest BCUT2D eigenvalue weighted by Crippen LogP contribution is -2.29. The van der Waals surface area contributed by atoms with Crippen molar-refractivity contribution in [3.63, 3.8) is 0 Å². The molecule has 0 atom stereocenters. The molecular formula is C23H21N3O4S2. The number of benzene rings is 3. The molecule has 2 N–H and O–H groups in total. The van der Waals surface area contributed by atoms with Gasteiger partial charge in [0.25, 0.3) is 15.9 Å². The Kier molecular flexibility index (Phi) is 6.20. The third-order valence-electron chi connectivity index (χ3n) is 4.95. The zero-order valence-electron chi connectivity index (χ0n) is 17.2. The predicted molar refractivity (Wildman–Crippen MR) is 125 cm³/mol. The quantitative estimate of drug-likeness (QED) is 0.537. The van der Waals surface area contributed by atoms with Crippen LogP contribution >= 0.6 is 11.9 Å². The van der Waals surface area contributed by atoms with Gasteiger partial charge >= 0.3 is 0 Å². The number of nitrogens with zero attached hydrogens (tertiary/aromatic N) is 1. The van der Waals surface area contributed by atoms with Crippen molar-refractivity contribution in [3.8, 4) is 0 Å². The minimum absolute atomic E-state index is 0.0731. The summed E-state index contributed by atoms with van der Waals surface area (Å²) in [6, 6.07) is 20.4. The predicted octanol–water partition coefficient (Wildman–Crippen LogP) is 3.83. The summed E-state index contributed by atoms with van der Waals surface area (Å²) in [4.78, 5) is 24.6. The first-order chi connectivity index (χ1) is 15.3. The lowest BCUT2D eigenvalue weighted by Gasteiger charge is -2.20. The van der Waals surface area contributed by atoms with E-state index in [1.165, 1.54) is 35.3 Å². The molecule has 0 saturated carbocycles. The Morgan fingerprint density at radius 1 is 0.969 bits per heavy atom. The topological polar surface area (TPSA) is 95.6 Å². The Bertz CT molecular complexity index is 1270. The maximum atomic E-state index is 13.2. The molecular weight excluding hydrogens is 446 g/mol. The Balaban J connectivity index is 1.50. The summed E-state index contributed by atoms with van der Waals surface area (Å²) in [7, 11) is -3.78. The zero-order valence-corrected chi connectivity index (χ0v) is 18.9. The maximum absolute atomic E-state index is 13.2.